The van der Waals surface area contributed by atoms with Crippen molar-refractivity contribution in [1.82, 2.24) is 14.9 Å². The summed E-state index contributed by atoms with van der Waals surface area (Å²) in [6, 6.07) is 13.1. The molecule has 2 aromatic carbocycles. The molecule has 2 N–H and O–H groups in total. The van der Waals surface area contributed by atoms with Crippen LogP contribution in [0.1, 0.15) is 52.2 Å². The molecule has 0 bridgehead atoms. The van der Waals surface area contributed by atoms with Gasteiger partial charge in [0.1, 0.15) is 24.0 Å². The molecule has 4 rings (SSSR count). The molecule has 194 valence electrons. The Labute approximate surface area is 219 Å². The summed E-state index contributed by atoms with van der Waals surface area (Å²) in [4.78, 5) is 11.1. The van der Waals surface area contributed by atoms with Crippen LogP contribution in [0.15, 0.2) is 77.3 Å². The number of hydrogen-bond donors (Lipinski definition) is 1. The average Bonchev–Trinajstić information content (AvgIpc) is 3.11. The van der Waals surface area contributed by atoms with Crippen LogP contribution in [0.25, 0.3) is 11.3 Å². The Morgan fingerprint density at radius 1 is 1.08 bits per heavy atom. The van der Waals surface area contributed by atoms with Gasteiger partial charge >= 0.3 is 0 Å². The highest BCUT2D eigenvalue weighted by molar-refractivity contribution is 5.62. The smallest absolute Gasteiger partial charge is 0.141 e. The highest BCUT2D eigenvalue weighted by atomic mass is 19.1. The lowest BCUT2D eigenvalue weighted by Crippen LogP contribution is -2.30. The van der Waals surface area contributed by atoms with E-state index in [2.05, 4.69) is 55.6 Å². The molecular weight excluding hydrogens is 463 g/mol. The monoisotopic (exact) mass is 500 g/mol. The van der Waals surface area contributed by atoms with Gasteiger partial charge in [-0.1, -0.05) is 31.6 Å². The predicted molar refractivity (Wildman–Crippen MR) is 148 cm³/mol. The van der Waals surface area contributed by atoms with Gasteiger partial charge in [-0.3, -0.25) is 4.98 Å². The van der Waals surface area contributed by atoms with Crippen LogP contribution in [0.5, 0.6) is 5.75 Å². The highest BCUT2D eigenvalue weighted by Crippen LogP contribution is 2.35. The van der Waals surface area contributed by atoms with Crippen LogP contribution in [-0.4, -0.2) is 28.0 Å². The SMILES string of the molecule is CCC(C)/C(=C(/Cc1ccc(F)cc1)C(C)=C(C)C)N1CCOc2ccc(-c3cnc(N)cn3)cc2C1. The van der Waals surface area contributed by atoms with E-state index in [1.165, 1.54) is 22.4 Å². The number of anilines is 1. The Morgan fingerprint density at radius 2 is 1.84 bits per heavy atom. The predicted octanol–water partition coefficient (Wildman–Crippen LogP) is 6.96. The fourth-order valence-corrected chi connectivity index (χ4v) is 4.76. The zero-order valence-corrected chi connectivity index (χ0v) is 22.5. The van der Waals surface area contributed by atoms with Crippen molar-refractivity contribution in [2.75, 3.05) is 18.9 Å². The summed E-state index contributed by atoms with van der Waals surface area (Å²) >= 11 is 0. The van der Waals surface area contributed by atoms with Gasteiger partial charge in [0.05, 0.1) is 24.6 Å². The molecule has 6 heteroatoms. The molecule has 0 saturated heterocycles. The quantitative estimate of drug-likeness (QED) is 0.355. The van der Waals surface area contributed by atoms with E-state index in [1.807, 2.05) is 24.3 Å². The Balaban J connectivity index is 1.79. The van der Waals surface area contributed by atoms with Crippen molar-refractivity contribution >= 4 is 5.82 Å². The van der Waals surface area contributed by atoms with Crippen LogP contribution in [-0.2, 0) is 13.0 Å². The standard InChI is InChI=1S/C31H37FN4O/c1-6-21(4)31(27(22(5)20(2)3)15-23-7-10-26(32)11-8-23)36-13-14-37-29-12-9-24(16-25(29)19-36)28-17-35-30(33)18-34-28/h7-12,16-18,21H,6,13-15,19H2,1-5H3,(H2,33,35)/b31-27+. The molecule has 1 atom stereocenters. The van der Waals surface area contributed by atoms with Crippen molar-refractivity contribution in [3.05, 3.63) is 94.2 Å². The minimum absolute atomic E-state index is 0.210. The number of fused-ring (bicyclic) bond motifs is 1. The van der Waals surface area contributed by atoms with Crippen molar-refractivity contribution in [3.8, 4) is 17.0 Å². The highest BCUT2D eigenvalue weighted by Gasteiger charge is 2.25. The lowest BCUT2D eigenvalue weighted by molar-refractivity contribution is 0.244. The molecule has 5 nitrogen and oxygen atoms in total. The third-order valence-corrected chi connectivity index (χ3v) is 7.23. The van der Waals surface area contributed by atoms with Gasteiger partial charge in [0.15, 0.2) is 0 Å². The maximum absolute atomic E-state index is 13.6. The van der Waals surface area contributed by atoms with Gasteiger partial charge < -0.3 is 15.4 Å². The summed E-state index contributed by atoms with van der Waals surface area (Å²) in [6.45, 7) is 13.2. The Kier molecular flexibility index (Phi) is 8.27. The van der Waals surface area contributed by atoms with Crippen molar-refractivity contribution in [2.45, 2.75) is 54.0 Å². The lowest BCUT2D eigenvalue weighted by Gasteiger charge is -2.33. The average molecular weight is 501 g/mol. The van der Waals surface area contributed by atoms with Crippen LogP contribution in [0.4, 0.5) is 10.2 Å². The number of hydrogen-bond acceptors (Lipinski definition) is 5. The van der Waals surface area contributed by atoms with Crippen molar-refractivity contribution in [3.63, 3.8) is 0 Å². The van der Waals surface area contributed by atoms with E-state index in [0.717, 1.165) is 54.1 Å². The topological polar surface area (TPSA) is 64.3 Å². The van der Waals surface area contributed by atoms with E-state index in [9.17, 15) is 4.39 Å². The van der Waals surface area contributed by atoms with Gasteiger partial charge in [-0.05, 0) is 86.6 Å². The van der Waals surface area contributed by atoms with Crippen molar-refractivity contribution < 1.29 is 9.13 Å². The second-order valence-electron chi connectivity index (χ2n) is 10.0. The fourth-order valence-electron chi connectivity index (χ4n) is 4.76. The summed E-state index contributed by atoms with van der Waals surface area (Å²) in [5.74, 6) is 1.44. The normalized spacial score (nSPS) is 14.7. The maximum Gasteiger partial charge on any atom is 0.141 e. The zero-order valence-electron chi connectivity index (χ0n) is 22.5. The van der Waals surface area contributed by atoms with Crippen LogP contribution in [0.3, 0.4) is 0 Å². The van der Waals surface area contributed by atoms with E-state index in [4.69, 9.17) is 10.5 Å². The van der Waals surface area contributed by atoms with E-state index in [0.29, 0.717) is 18.3 Å². The number of nitrogens with two attached hydrogens (primary N) is 1. The number of rotatable bonds is 7. The van der Waals surface area contributed by atoms with Gasteiger partial charge in [-0.2, -0.15) is 0 Å². The molecule has 0 fully saturated rings. The molecule has 1 aromatic heterocycles. The molecule has 1 aliphatic rings. The Bertz CT molecular complexity index is 1290. The van der Waals surface area contributed by atoms with Gasteiger partial charge in [-0.25, -0.2) is 9.37 Å². The summed E-state index contributed by atoms with van der Waals surface area (Å²) in [5.41, 5.74) is 14.9. The van der Waals surface area contributed by atoms with Gasteiger partial charge in [-0.15, -0.1) is 0 Å². The summed E-state index contributed by atoms with van der Waals surface area (Å²) in [6.07, 6.45) is 5.05. The summed E-state index contributed by atoms with van der Waals surface area (Å²) < 4.78 is 19.8. The number of allylic oxidation sites excluding steroid dienone is 4. The van der Waals surface area contributed by atoms with Crippen LogP contribution >= 0.6 is 0 Å². The third-order valence-electron chi connectivity index (χ3n) is 7.23. The molecule has 2 heterocycles. The first-order chi connectivity index (χ1) is 17.8. The molecule has 37 heavy (non-hydrogen) atoms. The first kappa shape index (κ1) is 26.4. The summed E-state index contributed by atoms with van der Waals surface area (Å²) in [7, 11) is 0. The second-order valence-corrected chi connectivity index (χ2v) is 10.0. The second kappa shape index (κ2) is 11.6. The van der Waals surface area contributed by atoms with E-state index in [-0.39, 0.29) is 5.82 Å². The molecule has 0 spiro atoms. The van der Waals surface area contributed by atoms with Gasteiger partial charge in [0, 0.05) is 23.4 Å². The molecule has 0 amide bonds. The molecule has 0 radical (unpaired) electrons. The lowest BCUT2D eigenvalue weighted by atomic mass is 9.88. The number of halogens is 1. The van der Waals surface area contributed by atoms with Crippen molar-refractivity contribution in [1.29, 1.82) is 0 Å². The molecule has 0 saturated carbocycles. The van der Waals surface area contributed by atoms with Crippen molar-refractivity contribution in [2.24, 2.45) is 5.92 Å². The first-order valence-electron chi connectivity index (χ1n) is 13.0. The zero-order chi connectivity index (χ0) is 26.5. The molecule has 1 aliphatic heterocycles. The largest absolute Gasteiger partial charge is 0.491 e. The molecule has 1 unspecified atom stereocenters. The van der Waals surface area contributed by atoms with Crippen LogP contribution in [0, 0.1) is 11.7 Å². The molecular formula is C31H37FN4O. The van der Waals surface area contributed by atoms with Gasteiger partial charge in [0.25, 0.3) is 0 Å². The van der Waals surface area contributed by atoms with E-state index >= 15 is 0 Å². The number of benzene rings is 2. The number of ether oxygens (including phenoxy) is 1. The number of nitrogen functional groups attached to an aromatic ring is 1. The van der Waals surface area contributed by atoms with E-state index in [1.54, 1.807) is 24.5 Å². The fraction of sp³-hybridized carbons (Fsp3) is 0.355. The maximum atomic E-state index is 13.6. The number of nitrogens with zero attached hydrogens (tertiary/aromatic N) is 3. The minimum atomic E-state index is -0.210. The third kappa shape index (κ3) is 6.19. The summed E-state index contributed by atoms with van der Waals surface area (Å²) in [5, 5.41) is 0. The van der Waals surface area contributed by atoms with Crippen LogP contribution < -0.4 is 10.5 Å². The van der Waals surface area contributed by atoms with E-state index < -0.39 is 0 Å². The Hall–Kier alpha value is -3.67. The minimum Gasteiger partial charge on any atom is -0.491 e. The number of aromatic nitrogens is 2. The first-order valence-corrected chi connectivity index (χ1v) is 13.0. The van der Waals surface area contributed by atoms with Crippen LogP contribution in [0.2, 0.25) is 0 Å². The molecule has 0 aliphatic carbocycles. The Morgan fingerprint density at radius 3 is 2.49 bits per heavy atom. The van der Waals surface area contributed by atoms with Gasteiger partial charge in [0.2, 0.25) is 0 Å². The molecule has 3 aromatic rings.